The predicted octanol–water partition coefficient (Wildman–Crippen LogP) is 2.91. The first-order valence-corrected chi connectivity index (χ1v) is 12.1. The molecule has 0 saturated carbocycles. The number of halogens is 2. The molecule has 1 aliphatic heterocycles. The van der Waals surface area contributed by atoms with Crippen molar-refractivity contribution in [1.82, 2.24) is 35.0 Å². The number of benzene rings is 1. The summed E-state index contributed by atoms with van der Waals surface area (Å²) in [6.07, 6.45) is 4.12. The standard InChI is InChI=1S/C24H28ClN9O.ClH/c25-18-3-1-2-16(12-18)17(14-26)13-21-27-5-4-20(30-21)22-19-15-29-24(31-23(19)33-32-22)28-6-7-34-8-10-35-11-9-34;/h1-5,12,15,17H,6-11,13-14,26H2,(H2,28,29,31,32,33);1H. The monoisotopic (exact) mass is 529 g/mol. The molecular weight excluding hydrogens is 501 g/mol. The number of hydrogen-bond acceptors (Lipinski definition) is 9. The highest BCUT2D eigenvalue weighted by molar-refractivity contribution is 6.30. The van der Waals surface area contributed by atoms with Crippen LogP contribution < -0.4 is 11.1 Å². The molecule has 0 amide bonds. The maximum Gasteiger partial charge on any atom is 0.224 e. The van der Waals surface area contributed by atoms with Crippen molar-refractivity contribution in [2.75, 3.05) is 51.3 Å². The third-order valence-electron chi connectivity index (χ3n) is 6.12. The normalized spacial score (nSPS) is 14.9. The number of anilines is 1. The van der Waals surface area contributed by atoms with Gasteiger partial charge >= 0.3 is 0 Å². The number of rotatable bonds is 9. The van der Waals surface area contributed by atoms with E-state index in [1.807, 2.05) is 30.3 Å². The molecule has 4 N–H and O–H groups in total. The molecule has 0 radical (unpaired) electrons. The minimum atomic E-state index is 0. The van der Waals surface area contributed by atoms with Crippen molar-refractivity contribution in [3.8, 4) is 11.4 Å². The molecule has 1 aromatic carbocycles. The van der Waals surface area contributed by atoms with E-state index in [4.69, 9.17) is 27.1 Å². The maximum absolute atomic E-state index is 6.17. The van der Waals surface area contributed by atoms with Gasteiger partial charge in [0.05, 0.1) is 30.0 Å². The van der Waals surface area contributed by atoms with E-state index >= 15 is 0 Å². The predicted molar refractivity (Wildman–Crippen MR) is 143 cm³/mol. The third kappa shape index (κ3) is 6.26. The van der Waals surface area contributed by atoms with Gasteiger partial charge in [-0.1, -0.05) is 23.7 Å². The van der Waals surface area contributed by atoms with Crippen LogP contribution in [0.3, 0.4) is 0 Å². The largest absolute Gasteiger partial charge is 0.379 e. The number of nitrogens with one attached hydrogen (secondary N) is 2. The Labute approximate surface area is 220 Å². The first-order valence-electron chi connectivity index (χ1n) is 11.7. The molecule has 1 saturated heterocycles. The molecule has 0 spiro atoms. The van der Waals surface area contributed by atoms with E-state index < -0.39 is 0 Å². The highest BCUT2D eigenvalue weighted by Crippen LogP contribution is 2.26. The second-order valence-corrected chi connectivity index (χ2v) is 8.90. The van der Waals surface area contributed by atoms with E-state index in [1.54, 1.807) is 12.4 Å². The van der Waals surface area contributed by atoms with Gasteiger partial charge in [0.15, 0.2) is 5.65 Å². The minimum Gasteiger partial charge on any atom is -0.379 e. The summed E-state index contributed by atoms with van der Waals surface area (Å²) in [6, 6.07) is 9.60. The lowest BCUT2D eigenvalue weighted by Crippen LogP contribution is -2.39. The number of hydrogen-bond donors (Lipinski definition) is 3. The van der Waals surface area contributed by atoms with E-state index in [0.717, 1.165) is 61.7 Å². The highest BCUT2D eigenvalue weighted by atomic mass is 35.5. The maximum atomic E-state index is 6.17. The van der Waals surface area contributed by atoms with Crippen molar-refractivity contribution in [2.24, 2.45) is 5.73 Å². The van der Waals surface area contributed by atoms with Crippen LogP contribution in [0.1, 0.15) is 17.3 Å². The molecule has 1 aliphatic rings. The van der Waals surface area contributed by atoms with Crippen LogP contribution in [0.2, 0.25) is 5.02 Å². The summed E-state index contributed by atoms with van der Waals surface area (Å²) in [5.41, 5.74) is 9.21. The molecule has 1 unspecified atom stereocenters. The number of nitrogens with two attached hydrogens (primary N) is 1. The van der Waals surface area contributed by atoms with Crippen LogP contribution in [0.15, 0.2) is 42.7 Å². The number of H-pyrrole nitrogens is 1. The second kappa shape index (κ2) is 12.4. The third-order valence-corrected chi connectivity index (χ3v) is 6.36. The Morgan fingerprint density at radius 3 is 2.83 bits per heavy atom. The molecule has 0 bridgehead atoms. The Morgan fingerprint density at radius 2 is 2.03 bits per heavy atom. The van der Waals surface area contributed by atoms with E-state index in [0.29, 0.717) is 35.4 Å². The molecule has 1 fully saturated rings. The zero-order chi connectivity index (χ0) is 24.0. The van der Waals surface area contributed by atoms with E-state index in [-0.39, 0.29) is 18.3 Å². The molecule has 4 aromatic rings. The Kier molecular flexibility index (Phi) is 9.00. The van der Waals surface area contributed by atoms with Gasteiger partial charge in [-0.05, 0) is 30.3 Å². The first kappa shape index (κ1) is 26.2. The second-order valence-electron chi connectivity index (χ2n) is 8.46. The molecule has 3 aromatic heterocycles. The van der Waals surface area contributed by atoms with E-state index in [2.05, 4.69) is 35.4 Å². The van der Waals surface area contributed by atoms with Crippen LogP contribution in [-0.4, -0.2) is 81.0 Å². The van der Waals surface area contributed by atoms with Crippen LogP contribution in [0.5, 0.6) is 0 Å². The number of aromatic amines is 1. The number of fused-ring (bicyclic) bond motifs is 1. The first-order chi connectivity index (χ1) is 17.2. The van der Waals surface area contributed by atoms with Gasteiger partial charge in [0.1, 0.15) is 5.82 Å². The topological polar surface area (TPSA) is 131 Å². The average molecular weight is 530 g/mol. The van der Waals surface area contributed by atoms with Gasteiger partial charge in [-0.15, -0.1) is 12.4 Å². The van der Waals surface area contributed by atoms with Crippen molar-refractivity contribution in [3.05, 3.63) is 59.1 Å². The van der Waals surface area contributed by atoms with Gasteiger partial charge in [0.25, 0.3) is 0 Å². The zero-order valence-electron chi connectivity index (χ0n) is 19.7. The molecular formula is C24H29Cl2N9O. The van der Waals surface area contributed by atoms with Crippen molar-refractivity contribution >= 4 is 41.0 Å². The van der Waals surface area contributed by atoms with Gasteiger partial charge < -0.3 is 15.8 Å². The number of aromatic nitrogens is 6. The van der Waals surface area contributed by atoms with Gasteiger partial charge in [0, 0.05) is 55.9 Å². The number of ether oxygens (including phenoxy) is 1. The summed E-state index contributed by atoms with van der Waals surface area (Å²) >= 11 is 6.17. The number of nitrogens with zero attached hydrogens (tertiary/aromatic N) is 6. The van der Waals surface area contributed by atoms with Crippen LogP contribution in [-0.2, 0) is 11.2 Å². The van der Waals surface area contributed by atoms with Crippen LogP contribution in [0, 0.1) is 0 Å². The Bertz CT molecular complexity index is 1280. The fourth-order valence-corrected chi connectivity index (χ4v) is 4.39. The van der Waals surface area contributed by atoms with Crippen molar-refractivity contribution in [3.63, 3.8) is 0 Å². The lowest BCUT2D eigenvalue weighted by Gasteiger charge is -2.26. The molecule has 4 heterocycles. The molecule has 10 nitrogen and oxygen atoms in total. The average Bonchev–Trinajstić information content (AvgIpc) is 3.31. The van der Waals surface area contributed by atoms with Gasteiger partial charge in [-0.3, -0.25) is 10.00 Å². The summed E-state index contributed by atoms with van der Waals surface area (Å²) in [7, 11) is 0. The quantitative estimate of drug-likeness (QED) is 0.299. The highest BCUT2D eigenvalue weighted by Gasteiger charge is 2.16. The molecule has 1 atom stereocenters. The van der Waals surface area contributed by atoms with Gasteiger partial charge in [-0.25, -0.2) is 15.0 Å². The van der Waals surface area contributed by atoms with E-state index in [1.165, 1.54) is 0 Å². The zero-order valence-corrected chi connectivity index (χ0v) is 21.3. The van der Waals surface area contributed by atoms with Crippen LogP contribution in [0.25, 0.3) is 22.4 Å². The summed E-state index contributed by atoms with van der Waals surface area (Å²) in [4.78, 5) is 20.6. The summed E-state index contributed by atoms with van der Waals surface area (Å²) in [5, 5.41) is 12.2. The molecule has 190 valence electrons. The SMILES string of the molecule is Cl.NCC(Cc1nccc(-c2[nH]nc3nc(NCCN4CCOCC4)ncc23)n1)c1cccc(Cl)c1. The molecule has 0 aliphatic carbocycles. The summed E-state index contributed by atoms with van der Waals surface area (Å²) in [5.74, 6) is 1.32. The van der Waals surface area contributed by atoms with Crippen molar-refractivity contribution < 1.29 is 4.74 Å². The van der Waals surface area contributed by atoms with Crippen molar-refractivity contribution in [2.45, 2.75) is 12.3 Å². The van der Waals surface area contributed by atoms with Crippen LogP contribution >= 0.6 is 24.0 Å². The smallest absolute Gasteiger partial charge is 0.224 e. The van der Waals surface area contributed by atoms with Crippen molar-refractivity contribution in [1.29, 1.82) is 0 Å². The summed E-state index contributed by atoms with van der Waals surface area (Å²) in [6.45, 7) is 5.63. The minimum absolute atomic E-state index is 0. The lowest BCUT2D eigenvalue weighted by molar-refractivity contribution is 0.0398. The number of morpholine rings is 1. The molecule has 5 rings (SSSR count). The van der Waals surface area contributed by atoms with Crippen LogP contribution in [0.4, 0.5) is 5.95 Å². The summed E-state index contributed by atoms with van der Waals surface area (Å²) < 4.78 is 5.39. The van der Waals surface area contributed by atoms with Gasteiger partial charge in [-0.2, -0.15) is 10.1 Å². The molecule has 12 heteroatoms. The lowest BCUT2D eigenvalue weighted by atomic mass is 9.95. The Hall–Kier alpha value is -2.89. The molecule has 36 heavy (non-hydrogen) atoms. The van der Waals surface area contributed by atoms with Gasteiger partial charge in [0.2, 0.25) is 5.95 Å². The fourth-order valence-electron chi connectivity index (χ4n) is 4.19. The fraction of sp³-hybridized carbons (Fsp3) is 0.375. The Balaban J connectivity index is 0.00000304. The Morgan fingerprint density at radius 1 is 1.17 bits per heavy atom. The van der Waals surface area contributed by atoms with E-state index in [9.17, 15) is 0 Å².